The van der Waals surface area contributed by atoms with Crippen LogP contribution < -0.4 is 10.6 Å². The number of carbonyl (C=O) groups is 1. The average molecular weight is 254 g/mol. The van der Waals surface area contributed by atoms with E-state index in [9.17, 15) is 9.00 Å². The van der Waals surface area contributed by atoms with Crippen molar-refractivity contribution >= 4 is 22.7 Å². The fraction of sp³-hybridized carbons (Fsp3) is 0.500. The molecular formula is C10H14N4O2S. The monoisotopic (exact) mass is 254 g/mol. The van der Waals surface area contributed by atoms with E-state index in [0.29, 0.717) is 12.0 Å². The van der Waals surface area contributed by atoms with E-state index in [1.165, 1.54) is 12.5 Å². The number of aromatic nitrogens is 2. The Morgan fingerprint density at radius 1 is 1.59 bits per heavy atom. The van der Waals surface area contributed by atoms with Gasteiger partial charge in [0.25, 0.3) is 5.91 Å². The summed E-state index contributed by atoms with van der Waals surface area (Å²) in [5.41, 5.74) is 5.31. The van der Waals surface area contributed by atoms with Gasteiger partial charge in [0.15, 0.2) is 0 Å². The molecule has 17 heavy (non-hydrogen) atoms. The van der Waals surface area contributed by atoms with Gasteiger partial charge in [-0.25, -0.2) is 9.97 Å². The zero-order valence-corrected chi connectivity index (χ0v) is 10.5. The summed E-state index contributed by atoms with van der Waals surface area (Å²) in [6.45, 7) is 0. The quantitative estimate of drug-likeness (QED) is 0.759. The molecule has 1 amide bonds. The Kier molecular flexibility index (Phi) is 3.10. The summed E-state index contributed by atoms with van der Waals surface area (Å²) in [7, 11) is 0.529. The molecule has 0 saturated heterocycles. The molecule has 6 nitrogen and oxygen atoms in total. The van der Waals surface area contributed by atoms with Crippen LogP contribution >= 0.6 is 0 Å². The van der Waals surface area contributed by atoms with Crippen LogP contribution in [0.25, 0.3) is 0 Å². The molecule has 1 atom stereocenters. The van der Waals surface area contributed by atoms with Crippen molar-refractivity contribution in [2.45, 2.75) is 23.9 Å². The van der Waals surface area contributed by atoms with Crippen LogP contribution in [0.3, 0.4) is 0 Å². The number of amides is 1. The molecule has 0 aliphatic heterocycles. The van der Waals surface area contributed by atoms with Gasteiger partial charge in [-0.3, -0.25) is 9.00 Å². The fourth-order valence-corrected chi connectivity index (χ4v) is 2.21. The van der Waals surface area contributed by atoms with Crippen molar-refractivity contribution in [1.29, 1.82) is 0 Å². The number of hydrogen-bond donors (Lipinski definition) is 1. The summed E-state index contributed by atoms with van der Waals surface area (Å²) in [6, 6.07) is 0.451. The van der Waals surface area contributed by atoms with Gasteiger partial charge in [0.05, 0.1) is 16.4 Å². The first kappa shape index (κ1) is 12.0. The van der Waals surface area contributed by atoms with Crippen molar-refractivity contribution in [3.05, 3.63) is 11.8 Å². The van der Waals surface area contributed by atoms with E-state index in [0.717, 1.165) is 12.8 Å². The van der Waals surface area contributed by atoms with Crippen LogP contribution in [0.1, 0.15) is 23.2 Å². The van der Waals surface area contributed by atoms with Crippen LogP contribution in [0.15, 0.2) is 11.2 Å². The van der Waals surface area contributed by atoms with Gasteiger partial charge in [0.2, 0.25) is 5.95 Å². The molecular weight excluding hydrogens is 240 g/mol. The zero-order valence-electron chi connectivity index (χ0n) is 9.71. The molecule has 1 aliphatic carbocycles. The highest BCUT2D eigenvalue weighted by Gasteiger charge is 2.28. The first-order chi connectivity index (χ1) is 8.00. The number of hydrogen-bond acceptors (Lipinski definition) is 5. The van der Waals surface area contributed by atoms with E-state index in [2.05, 4.69) is 9.97 Å². The van der Waals surface area contributed by atoms with Gasteiger partial charge in [0.1, 0.15) is 5.03 Å². The molecule has 2 rings (SSSR count). The van der Waals surface area contributed by atoms with Crippen LogP contribution in [0, 0.1) is 0 Å². The minimum atomic E-state index is -1.36. The average Bonchev–Trinajstić information content (AvgIpc) is 3.10. The molecule has 0 aromatic carbocycles. The topological polar surface area (TPSA) is 89.2 Å². The maximum atomic E-state index is 11.5. The Balaban J connectivity index is 2.41. The molecule has 1 fully saturated rings. The van der Waals surface area contributed by atoms with Crippen molar-refractivity contribution in [3.63, 3.8) is 0 Å². The van der Waals surface area contributed by atoms with Gasteiger partial charge in [-0.2, -0.15) is 0 Å². The van der Waals surface area contributed by atoms with Crippen LogP contribution in [0.5, 0.6) is 0 Å². The van der Waals surface area contributed by atoms with E-state index < -0.39 is 16.7 Å². The number of carbonyl (C=O) groups excluding carboxylic acids is 1. The second-order valence-electron chi connectivity index (χ2n) is 4.05. The molecule has 0 spiro atoms. The second kappa shape index (κ2) is 4.40. The molecule has 1 heterocycles. The maximum Gasteiger partial charge on any atom is 0.253 e. The number of nitrogens with zero attached hydrogens (tertiary/aromatic N) is 3. The third kappa shape index (κ3) is 2.44. The lowest BCUT2D eigenvalue weighted by molar-refractivity contribution is 0.0996. The molecule has 2 N–H and O–H groups in total. The van der Waals surface area contributed by atoms with E-state index >= 15 is 0 Å². The molecule has 1 aliphatic rings. The Hall–Kier alpha value is -1.50. The van der Waals surface area contributed by atoms with Gasteiger partial charge >= 0.3 is 0 Å². The SMILES string of the molecule is CN(c1ncc(C(N)=O)c(S(C)=O)n1)C1CC1. The highest BCUT2D eigenvalue weighted by Crippen LogP contribution is 2.28. The third-order valence-electron chi connectivity index (χ3n) is 2.69. The van der Waals surface area contributed by atoms with Gasteiger partial charge in [-0.15, -0.1) is 0 Å². The Bertz CT molecular complexity index is 487. The molecule has 92 valence electrons. The summed E-state index contributed by atoms with van der Waals surface area (Å²) < 4.78 is 11.5. The van der Waals surface area contributed by atoms with E-state index in [4.69, 9.17) is 5.73 Å². The standard InChI is InChI=1S/C10H14N4O2S/c1-14(6-3-4-6)10-12-5-7(8(11)15)9(13-10)17(2)16/h5-6H,3-4H2,1-2H3,(H2,11,15). The minimum Gasteiger partial charge on any atom is -0.365 e. The predicted octanol–water partition coefficient (Wildman–Crippen LogP) is -0.0885. The molecule has 0 bridgehead atoms. The predicted molar refractivity (Wildman–Crippen MR) is 64.3 cm³/mol. The molecule has 1 unspecified atom stereocenters. The van der Waals surface area contributed by atoms with Crippen molar-refractivity contribution < 1.29 is 9.00 Å². The Morgan fingerprint density at radius 3 is 2.71 bits per heavy atom. The lowest BCUT2D eigenvalue weighted by Gasteiger charge is -2.16. The number of rotatable bonds is 4. The number of nitrogens with two attached hydrogens (primary N) is 1. The van der Waals surface area contributed by atoms with Crippen LogP contribution in [-0.2, 0) is 10.8 Å². The van der Waals surface area contributed by atoms with Crippen molar-refractivity contribution in [1.82, 2.24) is 9.97 Å². The Labute approximate surface area is 102 Å². The van der Waals surface area contributed by atoms with E-state index in [1.807, 2.05) is 11.9 Å². The van der Waals surface area contributed by atoms with E-state index in [1.54, 1.807) is 0 Å². The highest BCUT2D eigenvalue weighted by atomic mass is 32.2. The smallest absolute Gasteiger partial charge is 0.253 e. The van der Waals surface area contributed by atoms with Crippen LogP contribution in [0.4, 0.5) is 5.95 Å². The Morgan fingerprint density at radius 2 is 2.24 bits per heavy atom. The van der Waals surface area contributed by atoms with Crippen molar-refractivity contribution in [3.8, 4) is 0 Å². The highest BCUT2D eigenvalue weighted by molar-refractivity contribution is 7.84. The van der Waals surface area contributed by atoms with Gasteiger partial charge < -0.3 is 10.6 Å². The van der Waals surface area contributed by atoms with Crippen LogP contribution in [0.2, 0.25) is 0 Å². The first-order valence-electron chi connectivity index (χ1n) is 5.24. The summed E-state index contributed by atoms with van der Waals surface area (Å²) in [5, 5.41) is 0.204. The molecule has 0 radical (unpaired) electrons. The van der Waals surface area contributed by atoms with Crippen molar-refractivity contribution in [2.75, 3.05) is 18.2 Å². The van der Waals surface area contributed by atoms with Gasteiger partial charge in [-0.05, 0) is 12.8 Å². The largest absolute Gasteiger partial charge is 0.365 e. The molecule has 7 heteroatoms. The van der Waals surface area contributed by atoms with Gasteiger partial charge in [0, 0.05) is 25.5 Å². The fourth-order valence-electron chi connectivity index (χ4n) is 1.54. The summed E-state index contributed by atoms with van der Waals surface area (Å²) >= 11 is 0. The lowest BCUT2D eigenvalue weighted by atomic mass is 10.3. The number of anilines is 1. The number of primary amides is 1. The third-order valence-corrected chi connectivity index (χ3v) is 3.54. The van der Waals surface area contributed by atoms with E-state index in [-0.39, 0.29) is 10.6 Å². The lowest BCUT2D eigenvalue weighted by Crippen LogP contribution is -2.24. The maximum absolute atomic E-state index is 11.5. The summed E-state index contributed by atoms with van der Waals surface area (Å²) in [4.78, 5) is 21.3. The van der Waals surface area contributed by atoms with Crippen LogP contribution in [-0.4, -0.2) is 39.4 Å². The zero-order chi connectivity index (χ0) is 12.6. The van der Waals surface area contributed by atoms with Gasteiger partial charge in [-0.1, -0.05) is 0 Å². The minimum absolute atomic E-state index is 0.124. The molecule has 1 saturated carbocycles. The second-order valence-corrected chi connectivity index (χ2v) is 5.34. The molecule has 1 aromatic rings. The summed E-state index contributed by atoms with van der Waals surface area (Å²) in [5.74, 6) is -0.168. The normalized spacial score (nSPS) is 16.6. The summed E-state index contributed by atoms with van der Waals surface area (Å²) in [6.07, 6.45) is 5.04. The first-order valence-corrected chi connectivity index (χ1v) is 6.79. The molecule has 1 aromatic heterocycles. The van der Waals surface area contributed by atoms with Crippen molar-refractivity contribution in [2.24, 2.45) is 5.73 Å².